The molecule has 156 valence electrons. The van der Waals surface area contributed by atoms with Crippen molar-refractivity contribution in [3.05, 3.63) is 101 Å². The largest absolute Gasteiger partial charge is 0.494 e. The second kappa shape index (κ2) is 9.26. The molecule has 0 saturated carbocycles. The van der Waals surface area contributed by atoms with Crippen LogP contribution in [0, 0.1) is 5.82 Å². The van der Waals surface area contributed by atoms with Gasteiger partial charge in [0.2, 0.25) is 5.90 Å². The normalized spacial score (nSPS) is 14.3. The van der Waals surface area contributed by atoms with Gasteiger partial charge in [-0.2, -0.15) is 0 Å². The Hall–Kier alpha value is -3.93. The highest BCUT2D eigenvalue weighted by molar-refractivity contribution is 6.12. The molecule has 1 heterocycles. The zero-order valence-electron chi connectivity index (χ0n) is 16.9. The van der Waals surface area contributed by atoms with E-state index in [-0.39, 0.29) is 24.0 Å². The lowest BCUT2D eigenvalue weighted by Crippen LogP contribution is -2.05. The van der Waals surface area contributed by atoms with Crippen LogP contribution in [0.2, 0.25) is 0 Å². The van der Waals surface area contributed by atoms with Crippen molar-refractivity contribution in [2.24, 2.45) is 4.99 Å². The Bertz CT molecular complexity index is 1130. The highest BCUT2D eigenvalue weighted by atomic mass is 19.1. The van der Waals surface area contributed by atoms with Crippen molar-refractivity contribution in [1.29, 1.82) is 0 Å². The molecule has 3 aromatic carbocycles. The van der Waals surface area contributed by atoms with Gasteiger partial charge in [0.25, 0.3) is 0 Å². The Kier molecular flexibility index (Phi) is 6.08. The van der Waals surface area contributed by atoms with Crippen LogP contribution in [0.5, 0.6) is 11.5 Å². The third kappa shape index (κ3) is 4.98. The summed E-state index contributed by atoms with van der Waals surface area (Å²) >= 11 is 0. The molecule has 3 aromatic rings. The first kappa shape index (κ1) is 20.3. The first-order valence-electron chi connectivity index (χ1n) is 9.84. The summed E-state index contributed by atoms with van der Waals surface area (Å²) in [7, 11) is 0. The molecule has 0 aromatic heterocycles. The molecular formula is C25H20FNO4. The maximum Gasteiger partial charge on any atom is 0.363 e. The van der Waals surface area contributed by atoms with Gasteiger partial charge in [-0.15, -0.1) is 0 Å². The molecule has 1 aliphatic rings. The third-order valence-corrected chi connectivity index (χ3v) is 4.57. The SMILES string of the molecule is CCOc1ccc(C2=N/C(=C/c3ccc(OCc4ccccc4F)cc3)C(=O)O2)cc1. The summed E-state index contributed by atoms with van der Waals surface area (Å²) in [4.78, 5) is 16.5. The van der Waals surface area contributed by atoms with Gasteiger partial charge in [-0.3, -0.25) is 0 Å². The van der Waals surface area contributed by atoms with E-state index in [9.17, 15) is 9.18 Å². The van der Waals surface area contributed by atoms with Crippen molar-refractivity contribution in [2.75, 3.05) is 6.61 Å². The fourth-order valence-corrected chi connectivity index (χ4v) is 2.99. The summed E-state index contributed by atoms with van der Waals surface area (Å²) in [6, 6.07) is 20.8. The van der Waals surface area contributed by atoms with Crippen molar-refractivity contribution in [3.8, 4) is 11.5 Å². The predicted octanol–water partition coefficient (Wildman–Crippen LogP) is 5.15. The highest BCUT2D eigenvalue weighted by Crippen LogP contribution is 2.22. The minimum absolute atomic E-state index is 0.134. The second-order valence-electron chi connectivity index (χ2n) is 6.74. The smallest absolute Gasteiger partial charge is 0.363 e. The van der Waals surface area contributed by atoms with Crippen LogP contribution >= 0.6 is 0 Å². The number of esters is 1. The number of benzene rings is 3. The van der Waals surface area contributed by atoms with E-state index in [1.807, 2.05) is 6.92 Å². The minimum atomic E-state index is -0.510. The van der Waals surface area contributed by atoms with Crippen LogP contribution in [0.4, 0.5) is 4.39 Å². The standard InChI is InChI=1S/C25H20FNO4/c1-2-29-20-13-9-18(10-14-20)24-27-23(25(28)31-24)15-17-7-11-21(12-8-17)30-16-19-5-3-4-6-22(19)26/h3-15H,2,16H2,1H3/b23-15+. The quantitative estimate of drug-likeness (QED) is 0.394. The van der Waals surface area contributed by atoms with Crippen LogP contribution in [0.25, 0.3) is 6.08 Å². The van der Waals surface area contributed by atoms with Gasteiger partial charge in [0, 0.05) is 11.1 Å². The predicted molar refractivity (Wildman–Crippen MR) is 115 cm³/mol. The van der Waals surface area contributed by atoms with Crippen LogP contribution < -0.4 is 9.47 Å². The Balaban J connectivity index is 1.44. The van der Waals surface area contributed by atoms with E-state index in [0.717, 1.165) is 11.3 Å². The molecule has 0 unspecified atom stereocenters. The lowest BCUT2D eigenvalue weighted by atomic mass is 10.2. The number of cyclic esters (lactones) is 1. The van der Waals surface area contributed by atoms with Crippen molar-refractivity contribution in [2.45, 2.75) is 13.5 Å². The monoisotopic (exact) mass is 417 g/mol. The topological polar surface area (TPSA) is 57.1 Å². The minimum Gasteiger partial charge on any atom is -0.494 e. The fraction of sp³-hybridized carbons (Fsp3) is 0.120. The molecular weight excluding hydrogens is 397 g/mol. The lowest BCUT2D eigenvalue weighted by Gasteiger charge is -2.07. The number of carbonyl (C=O) groups is 1. The van der Waals surface area contributed by atoms with Gasteiger partial charge >= 0.3 is 5.97 Å². The second-order valence-corrected chi connectivity index (χ2v) is 6.74. The van der Waals surface area contributed by atoms with E-state index in [1.165, 1.54) is 6.07 Å². The average molecular weight is 417 g/mol. The van der Waals surface area contributed by atoms with Crippen LogP contribution in [-0.4, -0.2) is 18.5 Å². The number of hydrogen-bond acceptors (Lipinski definition) is 5. The van der Waals surface area contributed by atoms with Crippen LogP contribution in [0.3, 0.4) is 0 Å². The zero-order valence-corrected chi connectivity index (χ0v) is 16.9. The van der Waals surface area contributed by atoms with E-state index < -0.39 is 5.97 Å². The molecule has 0 aliphatic carbocycles. The number of aliphatic imine (C=N–C) groups is 1. The van der Waals surface area contributed by atoms with Crippen molar-refractivity contribution in [3.63, 3.8) is 0 Å². The number of nitrogens with zero attached hydrogens (tertiary/aromatic N) is 1. The van der Waals surface area contributed by atoms with E-state index >= 15 is 0 Å². The number of hydrogen-bond donors (Lipinski definition) is 0. The zero-order chi connectivity index (χ0) is 21.6. The van der Waals surface area contributed by atoms with Crippen molar-refractivity contribution in [1.82, 2.24) is 0 Å². The summed E-state index contributed by atoms with van der Waals surface area (Å²) in [5.41, 5.74) is 2.15. The molecule has 0 fully saturated rings. The number of carbonyl (C=O) groups excluding carboxylic acids is 1. The Morgan fingerprint density at radius 2 is 1.61 bits per heavy atom. The molecule has 1 aliphatic heterocycles. The fourth-order valence-electron chi connectivity index (χ4n) is 2.99. The maximum absolute atomic E-state index is 13.7. The van der Waals surface area contributed by atoms with E-state index in [4.69, 9.17) is 14.2 Å². The van der Waals surface area contributed by atoms with Gasteiger partial charge < -0.3 is 14.2 Å². The van der Waals surface area contributed by atoms with Crippen molar-refractivity contribution < 1.29 is 23.4 Å². The number of ether oxygens (including phenoxy) is 3. The molecule has 0 radical (unpaired) electrons. The third-order valence-electron chi connectivity index (χ3n) is 4.57. The van der Waals surface area contributed by atoms with Gasteiger partial charge in [0.1, 0.15) is 23.9 Å². The summed E-state index contributed by atoms with van der Waals surface area (Å²) < 4.78 is 30.0. The van der Waals surface area contributed by atoms with E-state index in [0.29, 0.717) is 23.5 Å². The highest BCUT2D eigenvalue weighted by Gasteiger charge is 2.24. The lowest BCUT2D eigenvalue weighted by molar-refractivity contribution is -0.129. The molecule has 0 N–H and O–H groups in total. The molecule has 6 heteroatoms. The van der Waals surface area contributed by atoms with Crippen molar-refractivity contribution >= 4 is 17.9 Å². The summed E-state index contributed by atoms with van der Waals surface area (Å²) in [5, 5.41) is 0. The van der Waals surface area contributed by atoms with Gasteiger partial charge in [-0.1, -0.05) is 30.3 Å². The molecule has 0 amide bonds. The number of halogens is 1. The molecule has 0 spiro atoms. The molecule has 0 bridgehead atoms. The van der Waals surface area contributed by atoms with E-state index in [1.54, 1.807) is 72.8 Å². The van der Waals surface area contributed by atoms with Gasteiger partial charge in [-0.25, -0.2) is 14.2 Å². The van der Waals surface area contributed by atoms with Gasteiger partial charge in [-0.05, 0) is 61.0 Å². The van der Waals surface area contributed by atoms with Gasteiger partial charge in [0.05, 0.1) is 6.61 Å². The Labute approximate surface area is 179 Å². The Morgan fingerprint density at radius 3 is 2.32 bits per heavy atom. The molecule has 0 atom stereocenters. The Morgan fingerprint density at radius 1 is 0.935 bits per heavy atom. The molecule has 5 nitrogen and oxygen atoms in total. The maximum atomic E-state index is 13.7. The van der Waals surface area contributed by atoms with Crippen LogP contribution in [0.1, 0.15) is 23.6 Å². The average Bonchev–Trinajstić information content (AvgIpc) is 3.15. The summed E-state index contributed by atoms with van der Waals surface area (Å²) in [5.74, 6) is 0.778. The first-order valence-corrected chi connectivity index (χ1v) is 9.84. The molecule has 4 rings (SSSR count). The van der Waals surface area contributed by atoms with Gasteiger partial charge in [0.15, 0.2) is 5.70 Å². The molecule has 0 saturated heterocycles. The van der Waals surface area contributed by atoms with Crippen LogP contribution in [-0.2, 0) is 16.1 Å². The van der Waals surface area contributed by atoms with E-state index in [2.05, 4.69) is 4.99 Å². The molecule has 31 heavy (non-hydrogen) atoms. The summed E-state index contributed by atoms with van der Waals surface area (Å²) in [6.07, 6.45) is 1.64. The number of rotatable bonds is 7. The first-order chi connectivity index (χ1) is 15.1. The summed E-state index contributed by atoms with van der Waals surface area (Å²) in [6.45, 7) is 2.62. The van der Waals surface area contributed by atoms with Crippen LogP contribution in [0.15, 0.2) is 83.5 Å².